The Morgan fingerprint density at radius 2 is 1.85 bits per heavy atom. The van der Waals surface area contributed by atoms with Crippen molar-refractivity contribution in [2.75, 3.05) is 40.4 Å². The van der Waals surface area contributed by atoms with Crippen LogP contribution in [-0.4, -0.2) is 84.9 Å². The zero-order valence-corrected chi connectivity index (χ0v) is 12.1. The molecule has 2 atom stereocenters. The summed E-state index contributed by atoms with van der Waals surface area (Å²) >= 11 is 0. The normalized spacial score (nSPS) is 27.1. The number of nitrogens with zero attached hydrogens (tertiary/aromatic N) is 2. The molecule has 2 fully saturated rings. The average molecular weight is 288 g/mol. The molecule has 0 aromatic carbocycles. The van der Waals surface area contributed by atoms with Crippen LogP contribution in [0.3, 0.4) is 0 Å². The Kier molecular flexibility index (Phi) is 6.90. The van der Waals surface area contributed by atoms with Gasteiger partial charge in [-0.25, -0.2) is 0 Å². The lowest BCUT2D eigenvalue weighted by molar-refractivity contribution is -0.137. The molecule has 2 aliphatic rings. The molecule has 2 N–H and O–H groups in total. The van der Waals surface area contributed by atoms with E-state index in [-0.39, 0.29) is 24.3 Å². The van der Waals surface area contributed by atoms with E-state index < -0.39 is 6.10 Å². The number of ether oxygens (including phenoxy) is 1. The van der Waals surface area contributed by atoms with Gasteiger partial charge in [-0.2, -0.15) is 0 Å². The molecule has 0 spiro atoms. The number of hydrogen-bond acceptors (Lipinski definition) is 5. The van der Waals surface area contributed by atoms with Gasteiger partial charge in [-0.1, -0.05) is 0 Å². The van der Waals surface area contributed by atoms with Gasteiger partial charge in [0.1, 0.15) is 0 Å². The van der Waals surface area contributed by atoms with Crippen molar-refractivity contribution in [2.24, 2.45) is 5.92 Å². The highest BCUT2D eigenvalue weighted by Gasteiger charge is 2.37. The highest BCUT2D eigenvalue weighted by Crippen LogP contribution is 2.22. The zero-order valence-electron chi connectivity index (χ0n) is 12.1. The molecule has 20 heavy (non-hydrogen) atoms. The third kappa shape index (κ3) is 4.43. The number of aliphatic hydroxyl groups is 1. The van der Waals surface area contributed by atoms with Crippen molar-refractivity contribution in [1.82, 2.24) is 9.80 Å². The number of likely N-dealkylation sites (N-methyl/N-ethyl adjacent to an activating group) is 1. The lowest BCUT2D eigenvalue weighted by Crippen LogP contribution is -2.40. The second kappa shape index (κ2) is 8.18. The van der Waals surface area contributed by atoms with E-state index in [4.69, 9.17) is 14.6 Å². The van der Waals surface area contributed by atoms with Crippen LogP contribution in [0.1, 0.15) is 12.8 Å². The van der Waals surface area contributed by atoms with Crippen LogP contribution in [0.2, 0.25) is 0 Å². The van der Waals surface area contributed by atoms with E-state index in [2.05, 4.69) is 0 Å². The fourth-order valence-electron chi connectivity index (χ4n) is 2.66. The van der Waals surface area contributed by atoms with Crippen LogP contribution in [0.5, 0.6) is 0 Å². The minimum absolute atomic E-state index is 0.0683. The summed E-state index contributed by atoms with van der Waals surface area (Å²) in [5.74, 6) is 0.286. The number of carboxylic acid groups (broad SMARTS) is 1. The summed E-state index contributed by atoms with van der Waals surface area (Å²) in [6.45, 7) is 2.23. The Balaban J connectivity index is 0.000000612. The Morgan fingerprint density at radius 1 is 1.30 bits per heavy atom. The first-order chi connectivity index (χ1) is 9.51. The van der Waals surface area contributed by atoms with Gasteiger partial charge in [-0.15, -0.1) is 0 Å². The first-order valence-corrected chi connectivity index (χ1v) is 6.80. The molecule has 0 unspecified atom stereocenters. The van der Waals surface area contributed by atoms with Crippen LogP contribution in [0.25, 0.3) is 0 Å². The number of rotatable bonds is 2. The first kappa shape index (κ1) is 16.9. The molecule has 1 amide bonds. The Labute approximate surface area is 119 Å². The first-order valence-electron chi connectivity index (χ1n) is 6.80. The van der Waals surface area contributed by atoms with Gasteiger partial charge in [-0.3, -0.25) is 9.59 Å². The van der Waals surface area contributed by atoms with Crippen LogP contribution < -0.4 is 0 Å². The predicted molar refractivity (Wildman–Crippen MR) is 72.3 cm³/mol. The quantitative estimate of drug-likeness (QED) is 0.650. The summed E-state index contributed by atoms with van der Waals surface area (Å²) in [6.07, 6.45) is 1.21. The molecule has 116 valence electrons. The van der Waals surface area contributed by atoms with E-state index in [1.165, 1.54) is 0 Å². The lowest BCUT2D eigenvalue weighted by Gasteiger charge is -2.26. The molecular formula is C13H24N2O5. The molecule has 2 saturated heterocycles. The summed E-state index contributed by atoms with van der Waals surface area (Å²) in [5.41, 5.74) is 0. The molecule has 0 aromatic rings. The maximum Gasteiger partial charge on any atom is 0.290 e. The van der Waals surface area contributed by atoms with Crippen molar-refractivity contribution in [2.45, 2.75) is 25.0 Å². The highest BCUT2D eigenvalue weighted by atomic mass is 16.5. The lowest BCUT2D eigenvalue weighted by atomic mass is 9.99. The minimum atomic E-state index is -0.422. The fourth-order valence-corrected chi connectivity index (χ4v) is 2.66. The fraction of sp³-hybridized carbons (Fsp3) is 0.846. The molecule has 0 aliphatic carbocycles. The summed E-state index contributed by atoms with van der Waals surface area (Å²) in [7, 11) is 3.88. The largest absolute Gasteiger partial charge is 0.483 e. The van der Waals surface area contributed by atoms with E-state index in [9.17, 15) is 9.90 Å². The molecule has 2 aliphatic heterocycles. The van der Waals surface area contributed by atoms with E-state index >= 15 is 0 Å². The average Bonchev–Trinajstić information content (AvgIpc) is 2.82. The number of carbonyl (C=O) groups excluding carboxylic acids is 1. The van der Waals surface area contributed by atoms with Gasteiger partial charge < -0.3 is 24.7 Å². The number of amides is 1. The number of carbonyl (C=O) groups is 2. The van der Waals surface area contributed by atoms with Crippen LogP contribution in [0.4, 0.5) is 0 Å². The molecule has 2 heterocycles. The highest BCUT2D eigenvalue weighted by molar-refractivity contribution is 5.79. The van der Waals surface area contributed by atoms with Crippen molar-refractivity contribution in [3.63, 3.8) is 0 Å². The van der Waals surface area contributed by atoms with Gasteiger partial charge in [0.25, 0.3) is 6.47 Å². The molecule has 7 heteroatoms. The van der Waals surface area contributed by atoms with Crippen molar-refractivity contribution >= 4 is 12.4 Å². The molecule has 0 aromatic heterocycles. The van der Waals surface area contributed by atoms with Gasteiger partial charge in [0.05, 0.1) is 12.1 Å². The van der Waals surface area contributed by atoms with Crippen LogP contribution in [0, 0.1) is 5.92 Å². The summed E-state index contributed by atoms with van der Waals surface area (Å²) in [6, 6.07) is 0.0683. The Hall–Kier alpha value is -1.18. The number of likely N-dealkylation sites (tertiary alicyclic amines) is 1. The second-order valence-electron chi connectivity index (χ2n) is 5.33. The summed E-state index contributed by atoms with van der Waals surface area (Å²) in [4.78, 5) is 24.4. The third-order valence-corrected chi connectivity index (χ3v) is 3.80. The number of hydrogen-bond donors (Lipinski definition) is 2. The summed E-state index contributed by atoms with van der Waals surface area (Å²) < 4.78 is 5.26. The van der Waals surface area contributed by atoms with Crippen molar-refractivity contribution in [3.8, 4) is 0 Å². The molecule has 0 radical (unpaired) electrons. The Bertz CT molecular complexity index is 318. The van der Waals surface area contributed by atoms with Crippen LogP contribution in [-0.2, 0) is 14.3 Å². The molecule has 0 saturated carbocycles. The molecular weight excluding hydrogens is 264 g/mol. The zero-order chi connectivity index (χ0) is 15.1. The van der Waals surface area contributed by atoms with Gasteiger partial charge in [0.15, 0.2) is 0 Å². The van der Waals surface area contributed by atoms with Crippen molar-refractivity contribution in [3.05, 3.63) is 0 Å². The standard InChI is InChI=1S/C12H22N2O3.CH2O2/c1-13(2)10-7-14(8-11(10)15)12(16)9-3-5-17-6-4-9;2-1-3/h9-11,15H,3-8H2,1-2H3;1H,(H,2,3)/t10-,11-;/m1./s1. The molecule has 0 bridgehead atoms. The van der Waals surface area contributed by atoms with E-state index in [0.717, 1.165) is 12.8 Å². The van der Waals surface area contributed by atoms with E-state index in [0.29, 0.717) is 26.3 Å². The summed E-state index contributed by atoms with van der Waals surface area (Å²) in [5, 5.41) is 16.8. The van der Waals surface area contributed by atoms with Gasteiger partial charge in [-0.05, 0) is 26.9 Å². The topological polar surface area (TPSA) is 90.3 Å². The maximum absolute atomic E-state index is 12.3. The monoisotopic (exact) mass is 288 g/mol. The maximum atomic E-state index is 12.3. The number of aliphatic hydroxyl groups excluding tert-OH is 1. The SMILES string of the molecule is CN(C)[C@@H]1CN(C(=O)C2CCOCC2)C[C@H]1O.O=CO. The van der Waals surface area contributed by atoms with Gasteiger partial charge in [0, 0.05) is 32.2 Å². The third-order valence-electron chi connectivity index (χ3n) is 3.80. The molecule has 2 rings (SSSR count). The van der Waals surface area contributed by atoms with E-state index in [1.807, 2.05) is 23.9 Å². The van der Waals surface area contributed by atoms with Crippen molar-refractivity contribution in [1.29, 1.82) is 0 Å². The van der Waals surface area contributed by atoms with E-state index in [1.54, 1.807) is 0 Å². The second-order valence-corrected chi connectivity index (χ2v) is 5.33. The number of β-amino-alcohol motifs (C(OH)–C–C–N with tert-alkyl or cyclic N) is 1. The minimum Gasteiger partial charge on any atom is -0.483 e. The van der Waals surface area contributed by atoms with Crippen LogP contribution >= 0.6 is 0 Å². The Morgan fingerprint density at radius 3 is 2.30 bits per heavy atom. The van der Waals surface area contributed by atoms with Gasteiger partial charge in [0.2, 0.25) is 5.91 Å². The van der Waals surface area contributed by atoms with Crippen LogP contribution in [0.15, 0.2) is 0 Å². The van der Waals surface area contributed by atoms with Gasteiger partial charge >= 0.3 is 0 Å². The smallest absolute Gasteiger partial charge is 0.290 e. The molecule has 7 nitrogen and oxygen atoms in total. The van der Waals surface area contributed by atoms with Crippen molar-refractivity contribution < 1.29 is 24.5 Å². The predicted octanol–water partition coefficient (Wildman–Crippen LogP) is -0.753.